The second kappa shape index (κ2) is 1.36. The first-order valence-corrected chi connectivity index (χ1v) is 2.72. The Morgan fingerprint density at radius 1 is 1.75 bits per heavy atom. The maximum atomic E-state index is 5.02. The van der Waals surface area contributed by atoms with Crippen LogP contribution in [0.3, 0.4) is 0 Å². The minimum atomic E-state index is 0.380. The SMILES string of the molecule is c1c[nH]c([C@H]2CO2)c1. The standard InChI is InChI=1S/C6H7NO/c1-2-5(7-3-1)6-4-8-6/h1-3,6-7H,4H2/t6-/m1/s1. The van der Waals surface area contributed by atoms with Crippen molar-refractivity contribution in [1.29, 1.82) is 0 Å². The largest absolute Gasteiger partial charge is 0.366 e. The number of ether oxygens (including phenoxy) is 1. The molecule has 2 heterocycles. The predicted octanol–water partition coefficient (Wildman–Crippen LogP) is 1.09. The minimum absolute atomic E-state index is 0.380. The van der Waals surface area contributed by atoms with Gasteiger partial charge in [0.25, 0.3) is 0 Å². The van der Waals surface area contributed by atoms with E-state index < -0.39 is 0 Å². The third-order valence-corrected chi connectivity index (χ3v) is 1.30. The van der Waals surface area contributed by atoms with E-state index in [0.29, 0.717) is 6.10 Å². The van der Waals surface area contributed by atoms with Crippen LogP contribution in [0.5, 0.6) is 0 Å². The molecule has 1 atom stereocenters. The van der Waals surface area contributed by atoms with Gasteiger partial charge in [-0.15, -0.1) is 0 Å². The van der Waals surface area contributed by atoms with Gasteiger partial charge in [0, 0.05) is 11.9 Å². The molecular weight excluding hydrogens is 102 g/mol. The van der Waals surface area contributed by atoms with E-state index in [0.717, 1.165) is 6.61 Å². The highest BCUT2D eigenvalue weighted by Crippen LogP contribution is 2.27. The van der Waals surface area contributed by atoms with Gasteiger partial charge in [0.15, 0.2) is 0 Å². The molecule has 42 valence electrons. The third kappa shape index (κ3) is 0.537. The van der Waals surface area contributed by atoms with Gasteiger partial charge in [-0.1, -0.05) is 0 Å². The van der Waals surface area contributed by atoms with E-state index in [1.54, 1.807) is 0 Å². The van der Waals surface area contributed by atoms with E-state index in [-0.39, 0.29) is 0 Å². The summed E-state index contributed by atoms with van der Waals surface area (Å²) in [5.41, 5.74) is 1.20. The summed E-state index contributed by atoms with van der Waals surface area (Å²) in [6.45, 7) is 0.889. The molecule has 0 aliphatic carbocycles. The lowest BCUT2D eigenvalue weighted by Crippen LogP contribution is -1.75. The molecule has 1 aliphatic heterocycles. The van der Waals surface area contributed by atoms with Crippen molar-refractivity contribution in [2.24, 2.45) is 0 Å². The van der Waals surface area contributed by atoms with Gasteiger partial charge in [0.05, 0.1) is 6.61 Å². The van der Waals surface area contributed by atoms with Gasteiger partial charge in [-0.05, 0) is 12.1 Å². The van der Waals surface area contributed by atoms with Crippen molar-refractivity contribution >= 4 is 0 Å². The zero-order valence-corrected chi connectivity index (χ0v) is 4.42. The van der Waals surface area contributed by atoms with Crippen LogP contribution in [-0.2, 0) is 4.74 Å². The average molecular weight is 109 g/mol. The molecule has 0 saturated carbocycles. The monoisotopic (exact) mass is 109 g/mol. The molecule has 1 fully saturated rings. The summed E-state index contributed by atoms with van der Waals surface area (Å²) in [4.78, 5) is 3.07. The first kappa shape index (κ1) is 4.15. The Morgan fingerprint density at radius 2 is 2.62 bits per heavy atom. The molecule has 0 amide bonds. The zero-order valence-electron chi connectivity index (χ0n) is 4.42. The summed E-state index contributed by atoms with van der Waals surface area (Å²) >= 11 is 0. The molecule has 1 aromatic rings. The molecule has 0 bridgehead atoms. The number of hydrogen-bond donors (Lipinski definition) is 1. The van der Waals surface area contributed by atoms with E-state index in [1.807, 2.05) is 18.3 Å². The van der Waals surface area contributed by atoms with Crippen molar-refractivity contribution in [3.8, 4) is 0 Å². The molecule has 0 unspecified atom stereocenters. The van der Waals surface area contributed by atoms with Gasteiger partial charge in [-0.3, -0.25) is 0 Å². The number of aromatic nitrogens is 1. The summed E-state index contributed by atoms with van der Waals surface area (Å²) in [7, 11) is 0. The Labute approximate surface area is 47.5 Å². The topological polar surface area (TPSA) is 28.3 Å². The normalized spacial score (nSPS) is 25.8. The fraction of sp³-hybridized carbons (Fsp3) is 0.333. The molecular formula is C6H7NO. The first-order valence-electron chi connectivity index (χ1n) is 2.72. The number of aromatic amines is 1. The lowest BCUT2D eigenvalue weighted by Gasteiger charge is -1.81. The Morgan fingerprint density at radius 3 is 3.12 bits per heavy atom. The van der Waals surface area contributed by atoms with E-state index in [1.165, 1.54) is 5.69 Å². The quantitative estimate of drug-likeness (QED) is 0.537. The van der Waals surface area contributed by atoms with Gasteiger partial charge in [0.2, 0.25) is 0 Å². The highest BCUT2D eigenvalue weighted by molar-refractivity contribution is 5.10. The first-order chi connectivity index (χ1) is 3.97. The van der Waals surface area contributed by atoms with Crippen molar-refractivity contribution in [2.45, 2.75) is 6.10 Å². The summed E-state index contributed by atoms with van der Waals surface area (Å²) in [6, 6.07) is 4.02. The fourth-order valence-electron chi connectivity index (χ4n) is 0.772. The molecule has 0 radical (unpaired) electrons. The predicted molar refractivity (Wildman–Crippen MR) is 29.5 cm³/mol. The van der Waals surface area contributed by atoms with Crippen LogP contribution in [0.4, 0.5) is 0 Å². The number of hydrogen-bond acceptors (Lipinski definition) is 1. The highest BCUT2D eigenvalue weighted by Gasteiger charge is 2.24. The summed E-state index contributed by atoms with van der Waals surface area (Å²) < 4.78 is 5.02. The van der Waals surface area contributed by atoms with Crippen LogP contribution >= 0.6 is 0 Å². The maximum Gasteiger partial charge on any atom is 0.121 e. The second-order valence-electron chi connectivity index (χ2n) is 1.95. The molecule has 1 aliphatic rings. The van der Waals surface area contributed by atoms with Crippen LogP contribution in [-0.4, -0.2) is 11.6 Å². The molecule has 1 N–H and O–H groups in total. The lowest BCUT2D eigenvalue weighted by molar-refractivity contribution is 0.412. The van der Waals surface area contributed by atoms with E-state index in [2.05, 4.69) is 4.98 Å². The van der Waals surface area contributed by atoms with Crippen molar-refractivity contribution < 1.29 is 4.74 Å². The average Bonchev–Trinajstić information content (AvgIpc) is 2.49. The Bertz CT molecular complexity index is 165. The summed E-state index contributed by atoms with van der Waals surface area (Å²) in [5, 5.41) is 0. The van der Waals surface area contributed by atoms with Gasteiger partial charge in [-0.2, -0.15) is 0 Å². The molecule has 2 nitrogen and oxygen atoms in total. The Hall–Kier alpha value is -0.760. The molecule has 2 rings (SSSR count). The van der Waals surface area contributed by atoms with Crippen molar-refractivity contribution in [3.05, 3.63) is 24.0 Å². The smallest absolute Gasteiger partial charge is 0.121 e. The van der Waals surface area contributed by atoms with Crippen LogP contribution < -0.4 is 0 Å². The van der Waals surface area contributed by atoms with Crippen LogP contribution in [0, 0.1) is 0 Å². The van der Waals surface area contributed by atoms with Crippen molar-refractivity contribution in [3.63, 3.8) is 0 Å². The number of nitrogens with one attached hydrogen (secondary N) is 1. The minimum Gasteiger partial charge on any atom is -0.366 e. The number of rotatable bonds is 1. The Kier molecular flexibility index (Phi) is 0.704. The number of H-pyrrole nitrogens is 1. The van der Waals surface area contributed by atoms with E-state index in [9.17, 15) is 0 Å². The van der Waals surface area contributed by atoms with Crippen LogP contribution in [0.2, 0.25) is 0 Å². The fourth-order valence-corrected chi connectivity index (χ4v) is 0.772. The van der Waals surface area contributed by atoms with Crippen LogP contribution in [0.15, 0.2) is 18.3 Å². The second-order valence-corrected chi connectivity index (χ2v) is 1.95. The molecule has 0 aromatic carbocycles. The van der Waals surface area contributed by atoms with Crippen molar-refractivity contribution in [1.82, 2.24) is 4.98 Å². The van der Waals surface area contributed by atoms with Crippen molar-refractivity contribution in [2.75, 3.05) is 6.61 Å². The highest BCUT2D eigenvalue weighted by atomic mass is 16.6. The van der Waals surface area contributed by atoms with E-state index >= 15 is 0 Å². The zero-order chi connectivity index (χ0) is 5.40. The van der Waals surface area contributed by atoms with Gasteiger partial charge < -0.3 is 9.72 Å². The Balaban J connectivity index is 2.28. The van der Waals surface area contributed by atoms with Gasteiger partial charge >= 0.3 is 0 Å². The maximum absolute atomic E-state index is 5.02. The molecule has 1 aromatic heterocycles. The van der Waals surface area contributed by atoms with Crippen LogP contribution in [0.25, 0.3) is 0 Å². The molecule has 2 heteroatoms. The molecule has 1 saturated heterocycles. The molecule has 8 heavy (non-hydrogen) atoms. The van der Waals surface area contributed by atoms with Gasteiger partial charge in [0.1, 0.15) is 6.10 Å². The summed E-state index contributed by atoms with van der Waals surface area (Å²) in [5.74, 6) is 0. The number of epoxide rings is 1. The lowest BCUT2D eigenvalue weighted by atomic mass is 10.3. The molecule has 0 spiro atoms. The van der Waals surface area contributed by atoms with Crippen LogP contribution in [0.1, 0.15) is 11.8 Å². The van der Waals surface area contributed by atoms with Gasteiger partial charge in [-0.25, -0.2) is 0 Å². The van der Waals surface area contributed by atoms with E-state index in [4.69, 9.17) is 4.74 Å². The third-order valence-electron chi connectivity index (χ3n) is 1.30. The summed E-state index contributed by atoms with van der Waals surface area (Å²) in [6.07, 6.45) is 2.29.